The summed E-state index contributed by atoms with van der Waals surface area (Å²) in [5.74, 6) is 0.631. The molecule has 0 amide bonds. The van der Waals surface area contributed by atoms with Gasteiger partial charge in [-0.1, -0.05) is 12.5 Å². The Kier molecular flexibility index (Phi) is 3.59. The van der Waals surface area contributed by atoms with E-state index in [2.05, 4.69) is 40.1 Å². The van der Waals surface area contributed by atoms with Crippen molar-refractivity contribution < 1.29 is 5.32 Å². The predicted octanol–water partition coefficient (Wildman–Crippen LogP) is 0.685. The molecule has 1 aliphatic carbocycles. The number of piperidine rings is 1. The van der Waals surface area contributed by atoms with Crippen molar-refractivity contribution in [3.05, 3.63) is 23.5 Å². The SMILES string of the molecule is CC1CCCC(C2C=C(NC3CC[NH2+]C3)C3=NC=C3C2)N1. The van der Waals surface area contributed by atoms with Crippen LogP contribution in [0.15, 0.2) is 28.5 Å². The third kappa shape index (κ3) is 2.67. The summed E-state index contributed by atoms with van der Waals surface area (Å²) in [6, 6.07) is 1.94. The lowest BCUT2D eigenvalue weighted by atomic mass is 9.79. The molecule has 4 nitrogen and oxygen atoms in total. The van der Waals surface area contributed by atoms with E-state index < -0.39 is 0 Å². The van der Waals surface area contributed by atoms with Crippen LogP contribution in [-0.4, -0.2) is 36.9 Å². The van der Waals surface area contributed by atoms with Crippen molar-refractivity contribution in [3.63, 3.8) is 0 Å². The molecular weight excluding hydrogens is 260 g/mol. The van der Waals surface area contributed by atoms with Gasteiger partial charge < -0.3 is 16.0 Å². The van der Waals surface area contributed by atoms with Crippen molar-refractivity contribution >= 4 is 5.71 Å². The minimum atomic E-state index is 0.623. The Morgan fingerprint density at radius 2 is 2.29 bits per heavy atom. The van der Waals surface area contributed by atoms with E-state index in [0.717, 1.165) is 0 Å². The number of nitrogens with one attached hydrogen (secondary N) is 2. The summed E-state index contributed by atoms with van der Waals surface area (Å²) >= 11 is 0. The molecule has 4 unspecified atom stereocenters. The number of hydrogen-bond donors (Lipinski definition) is 3. The number of nitrogens with zero attached hydrogens (tertiary/aromatic N) is 1. The smallest absolute Gasteiger partial charge is 0.0962 e. The molecule has 2 saturated heterocycles. The van der Waals surface area contributed by atoms with Gasteiger partial charge in [0.05, 0.1) is 30.5 Å². The largest absolute Gasteiger partial charge is 0.375 e. The first-order chi connectivity index (χ1) is 10.3. The van der Waals surface area contributed by atoms with Gasteiger partial charge in [-0.15, -0.1) is 0 Å². The van der Waals surface area contributed by atoms with Crippen molar-refractivity contribution in [1.29, 1.82) is 0 Å². The Hall–Kier alpha value is -1.13. The average molecular weight is 287 g/mol. The van der Waals surface area contributed by atoms with Crippen LogP contribution in [0.3, 0.4) is 0 Å². The van der Waals surface area contributed by atoms with Crippen LogP contribution in [0.4, 0.5) is 0 Å². The molecule has 4 N–H and O–H groups in total. The van der Waals surface area contributed by atoms with Crippen LogP contribution >= 0.6 is 0 Å². The molecule has 114 valence electrons. The molecule has 0 spiro atoms. The molecule has 0 aromatic heterocycles. The molecule has 3 heterocycles. The molecule has 0 bridgehead atoms. The molecular formula is C17H27N4+. The van der Waals surface area contributed by atoms with E-state index in [1.54, 1.807) is 0 Å². The van der Waals surface area contributed by atoms with Gasteiger partial charge in [-0.2, -0.15) is 0 Å². The van der Waals surface area contributed by atoms with E-state index in [1.807, 2.05) is 0 Å². The average Bonchev–Trinajstić information content (AvgIpc) is 2.93. The van der Waals surface area contributed by atoms with Gasteiger partial charge in [0.25, 0.3) is 0 Å². The van der Waals surface area contributed by atoms with E-state index in [1.165, 1.54) is 62.2 Å². The molecule has 4 atom stereocenters. The summed E-state index contributed by atoms with van der Waals surface area (Å²) in [5, 5.41) is 9.98. The second kappa shape index (κ2) is 5.58. The third-order valence-electron chi connectivity index (χ3n) is 5.44. The number of fused-ring (bicyclic) bond motifs is 1. The van der Waals surface area contributed by atoms with Gasteiger partial charge >= 0.3 is 0 Å². The molecule has 0 radical (unpaired) electrons. The van der Waals surface area contributed by atoms with Crippen molar-refractivity contribution in [2.45, 2.75) is 57.2 Å². The second-order valence-corrected chi connectivity index (χ2v) is 7.13. The fourth-order valence-corrected chi connectivity index (χ4v) is 4.21. The van der Waals surface area contributed by atoms with Crippen molar-refractivity contribution in [2.24, 2.45) is 10.9 Å². The molecule has 0 aromatic rings. The fraction of sp³-hybridized carbons (Fsp3) is 0.706. The Balaban J connectivity index is 1.50. The van der Waals surface area contributed by atoms with Crippen molar-refractivity contribution in [2.75, 3.05) is 13.1 Å². The molecule has 4 heteroatoms. The Morgan fingerprint density at radius 1 is 1.33 bits per heavy atom. The molecule has 4 aliphatic rings. The summed E-state index contributed by atoms with van der Waals surface area (Å²) in [6.45, 7) is 4.78. The summed E-state index contributed by atoms with van der Waals surface area (Å²) in [7, 11) is 0. The van der Waals surface area contributed by atoms with Crippen LogP contribution in [0.5, 0.6) is 0 Å². The predicted molar refractivity (Wildman–Crippen MR) is 85.1 cm³/mol. The summed E-state index contributed by atoms with van der Waals surface area (Å²) < 4.78 is 0. The van der Waals surface area contributed by atoms with Crippen LogP contribution < -0.4 is 16.0 Å². The number of aliphatic imine (C=N–C) groups is 1. The highest BCUT2D eigenvalue weighted by atomic mass is 15.1. The lowest BCUT2D eigenvalue weighted by Gasteiger charge is -2.38. The zero-order valence-electron chi connectivity index (χ0n) is 12.9. The van der Waals surface area contributed by atoms with Gasteiger partial charge in [0.2, 0.25) is 0 Å². The summed E-state index contributed by atoms with van der Waals surface area (Å²) in [5.41, 5.74) is 4.01. The fourth-order valence-electron chi connectivity index (χ4n) is 4.21. The quantitative estimate of drug-likeness (QED) is 0.715. The number of hydrogen-bond acceptors (Lipinski definition) is 3. The van der Waals surface area contributed by atoms with Gasteiger partial charge in [0.1, 0.15) is 0 Å². The van der Waals surface area contributed by atoms with Crippen LogP contribution in [0, 0.1) is 5.92 Å². The van der Waals surface area contributed by atoms with E-state index in [9.17, 15) is 0 Å². The number of allylic oxidation sites excluding steroid dienone is 1. The molecule has 2 fully saturated rings. The minimum absolute atomic E-state index is 0.623. The zero-order valence-corrected chi connectivity index (χ0v) is 12.9. The molecule has 0 aromatic carbocycles. The van der Waals surface area contributed by atoms with Gasteiger partial charge in [-0.25, -0.2) is 0 Å². The summed E-state index contributed by atoms with van der Waals surface area (Å²) in [6.07, 6.45) is 11.0. The monoisotopic (exact) mass is 287 g/mol. The number of nitrogens with two attached hydrogens (primary N) is 1. The highest BCUT2D eigenvalue weighted by Gasteiger charge is 2.34. The first-order valence-electron chi connectivity index (χ1n) is 8.63. The first kappa shape index (κ1) is 13.5. The van der Waals surface area contributed by atoms with Gasteiger partial charge in [-0.05, 0) is 37.7 Å². The van der Waals surface area contributed by atoms with E-state index >= 15 is 0 Å². The standard InChI is InChI=1S/C17H26N4/c1-11-3-2-4-15(20-11)12-7-13-9-19-17(13)16(8-12)21-14-5-6-18-10-14/h8-9,11-12,14-15,18,20-21H,2-7,10H2,1H3/p+1. The van der Waals surface area contributed by atoms with Crippen LogP contribution in [0.1, 0.15) is 39.0 Å². The third-order valence-corrected chi connectivity index (χ3v) is 5.44. The van der Waals surface area contributed by atoms with Crippen molar-refractivity contribution in [1.82, 2.24) is 10.6 Å². The van der Waals surface area contributed by atoms with Crippen LogP contribution in [0.2, 0.25) is 0 Å². The Morgan fingerprint density at radius 3 is 3.00 bits per heavy atom. The number of quaternary nitrogens is 1. The molecule has 21 heavy (non-hydrogen) atoms. The zero-order chi connectivity index (χ0) is 14.2. The lowest BCUT2D eigenvalue weighted by Crippen LogP contribution is -2.82. The second-order valence-electron chi connectivity index (χ2n) is 7.13. The summed E-state index contributed by atoms with van der Waals surface area (Å²) in [4.78, 5) is 4.50. The Labute approximate surface area is 127 Å². The van der Waals surface area contributed by atoms with Gasteiger partial charge in [0.15, 0.2) is 0 Å². The van der Waals surface area contributed by atoms with E-state index in [4.69, 9.17) is 0 Å². The molecule has 0 saturated carbocycles. The maximum atomic E-state index is 4.50. The van der Waals surface area contributed by atoms with Crippen LogP contribution in [0.25, 0.3) is 0 Å². The van der Waals surface area contributed by atoms with Gasteiger partial charge in [0, 0.05) is 24.7 Å². The first-order valence-corrected chi connectivity index (χ1v) is 8.63. The normalized spacial score (nSPS) is 38.8. The topological polar surface area (TPSA) is 53.0 Å². The van der Waals surface area contributed by atoms with Crippen LogP contribution in [-0.2, 0) is 0 Å². The van der Waals surface area contributed by atoms with E-state index in [-0.39, 0.29) is 0 Å². The maximum absolute atomic E-state index is 4.50. The lowest BCUT2D eigenvalue weighted by molar-refractivity contribution is -0.636. The van der Waals surface area contributed by atoms with Crippen molar-refractivity contribution in [3.8, 4) is 0 Å². The number of rotatable bonds is 3. The van der Waals surface area contributed by atoms with E-state index in [0.29, 0.717) is 24.0 Å². The Bertz CT molecular complexity index is 499. The highest BCUT2D eigenvalue weighted by Crippen LogP contribution is 2.34. The highest BCUT2D eigenvalue weighted by molar-refractivity contribution is 6.16. The minimum Gasteiger partial charge on any atom is -0.375 e. The maximum Gasteiger partial charge on any atom is 0.0962 e. The van der Waals surface area contributed by atoms with Gasteiger partial charge in [-0.3, -0.25) is 4.99 Å². The molecule has 4 rings (SSSR count). The molecule has 3 aliphatic heterocycles.